The lowest BCUT2D eigenvalue weighted by atomic mass is 9.64. The highest BCUT2D eigenvalue weighted by atomic mass is 19.4. The van der Waals surface area contributed by atoms with Gasteiger partial charge in [0.1, 0.15) is 17.6 Å². The molecule has 0 aromatic heterocycles. The minimum absolute atomic E-state index is 0.537. The molecule has 5 atom stereocenters. The molecule has 1 aromatic rings. The fourth-order valence-electron chi connectivity index (χ4n) is 3.88. The van der Waals surface area contributed by atoms with Crippen molar-refractivity contribution < 1.29 is 60.7 Å². The Balaban J connectivity index is 3.00. The number of ether oxygens (including phenoxy) is 2. The molecule has 1 aromatic carbocycles. The SMILES string of the molecule is CCOC(=O)[C@@H]1C(c2ccccc2O)[C@H](C(=O)OCC)[C@@](O)(C(F)(F)F)N[C@]1(O)C(F)(F)F. The van der Waals surface area contributed by atoms with E-state index in [0.717, 1.165) is 18.2 Å². The Kier molecular flexibility index (Phi) is 7.26. The number of para-hydroxylation sites is 1. The number of hydrogen-bond donors (Lipinski definition) is 4. The van der Waals surface area contributed by atoms with Gasteiger partial charge in [0.25, 0.3) is 0 Å². The predicted molar refractivity (Wildman–Crippen MR) is 96.2 cm³/mol. The number of nitrogens with one attached hydrogen (secondary N) is 1. The molecule has 1 saturated heterocycles. The van der Waals surface area contributed by atoms with Gasteiger partial charge in [0.15, 0.2) is 0 Å². The van der Waals surface area contributed by atoms with Gasteiger partial charge in [0, 0.05) is 5.92 Å². The molecule has 14 heteroatoms. The Hall–Kier alpha value is -2.58. The van der Waals surface area contributed by atoms with E-state index in [1.807, 2.05) is 0 Å². The molecule has 0 spiro atoms. The van der Waals surface area contributed by atoms with E-state index in [0.29, 0.717) is 5.32 Å². The number of esters is 2. The third-order valence-electron chi connectivity index (χ3n) is 5.24. The van der Waals surface area contributed by atoms with E-state index in [1.165, 1.54) is 19.9 Å². The van der Waals surface area contributed by atoms with Crippen molar-refractivity contribution in [2.24, 2.45) is 11.8 Å². The van der Waals surface area contributed by atoms with Crippen LogP contribution in [-0.4, -0.2) is 64.3 Å². The minimum atomic E-state index is -5.99. The number of aliphatic hydroxyl groups is 2. The summed E-state index contributed by atoms with van der Waals surface area (Å²) in [6.07, 6.45) is -12.0. The van der Waals surface area contributed by atoms with E-state index in [-0.39, 0.29) is 0 Å². The number of aromatic hydroxyl groups is 1. The lowest BCUT2D eigenvalue weighted by molar-refractivity contribution is -0.376. The van der Waals surface area contributed by atoms with Crippen LogP contribution in [0.5, 0.6) is 5.75 Å². The number of phenols is 1. The number of rotatable bonds is 5. The van der Waals surface area contributed by atoms with Crippen LogP contribution in [0, 0.1) is 11.8 Å². The molecule has 1 unspecified atom stereocenters. The molecule has 2 rings (SSSR count). The van der Waals surface area contributed by atoms with Gasteiger partial charge in [-0.05, 0) is 25.5 Å². The Morgan fingerprint density at radius 2 is 1.30 bits per heavy atom. The zero-order chi connectivity index (χ0) is 25.4. The van der Waals surface area contributed by atoms with Crippen LogP contribution in [0.4, 0.5) is 26.3 Å². The van der Waals surface area contributed by atoms with Gasteiger partial charge in [-0.2, -0.15) is 26.3 Å². The van der Waals surface area contributed by atoms with Crippen LogP contribution in [0.25, 0.3) is 0 Å². The predicted octanol–water partition coefficient (Wildman–Crippen LogP) is 1.94. The minimum Gasteiger partial charge on any atom is -0.508 e. The molecule has 0 aliphatic carbocycles. The van der Waals surface area contributed by atoms with Gasteiger partial charge in [0.05, 0.1) is 13.2 Å². The standard InChI is InChI=1S/C19H21F6NO7/c1-3-32-14(28)12-11(9-7-5-6-8-10(9)27)13(15(29)33-4-2)17(31,19(23,24)25)26-16(12,30)18(20,21)22/h5-8,11-13,26-27,30-31H,3-4H2,1-2H3/t11?,12-,13+,16-,17-/m1/s1. The largest absolute Gasteiger partial charge is 0.508 e. The second-order valence-corrected chi connectivity index (χ2v) is 7.20. The van der Waals surface area contributed by atoms with Crippen molar-refractivity contribution in [2.75, 3.05) is 13.2 Å². The lowest BCUT2D eigenvalue weighted by Gasteiger charge is -2.54. The van der Waals surface area contributed by atoms with Crippen molar-refractivity contribution >= 4 is 11.9 Å². The second kappa shape index (κ2) is 8.99. The smallest absolute Gasteiger partial charge is 0.432 e. The number of hydrogen-bond acceptors (Lipinski definition) is 8. The highest BCUT2D eigenvalue weighted by molar-refractivity contribution is 5.82. The second-order valence-electron chi connectivity index (χ2n) is 7.20. The summed E-state index contributed by atoms with van der Waals surface area (Å²) in [5.74, 6) is -13.1. The van der Waals surface area contributed by atoms with Crippen LogP contribution in [-0.2, 0) is 19.1 Å². The number of phenolic OH excluding ortho intramolecular Hbond substituents is 1. The van der Waals surface area contributed by atoms with Gasteiger partial charge in [-0.15, -0.1) is 0 Å². The van der Waals surface area contributed by atoms with E-state index in [1.54, 1.807) is 0 Å². The summed E-state index contributed by atoms with van der Waals surface area (Å²) in [5.41, 5.74) is -10.2. The molecule has 1 aliphatic heterocycles. The number of carbonyl (C=O) groups excluding carboxylic acids is 2. The molecule has 1 heterocycles. The summed E-state index contributed by atoms with van der Waals surface area (Å²) in [5, 5.41) is 31.8. The first-order valence-corrected chi connectivity index (χ1v) is 9.55. The third kappa shape index (κ3) is 4.46. The van der Waals surface area contributed by atoms with Crippen LogP contribution in [0.15, 0.2) is 24.3 Å². The maximum Gasteiger partial charge on any atom is 0.432 e. The molecule has 0 amide bonds. The maximum absolute atomic E-state index is 14.0. The van der Waals surface area contributed by atoms with Crippen molar-refractivity contribution in [3.63, 3.8) is 0 Å². The summed E-state index contributed by atoms with van der Waals surface area (Å²) in [7, 11) is 0. The maximum atomic E-state index is 14.0. The molecule has 186 valence electrons. The van der Waals surface area contributed by atoms with Gasteiger partial charge >= 0.3 is 24.3 Å². The van der Waals surface area contributed by atoms with E-state index < -0.39 is 78.0 Å². The van der Waals surface area contributed by atoms with Crippen molar-refractivity contribution in [3.8, 4) is 5.75 Å². The average molecular weight is 489 g/mol. The van der Waals surface area contributed by atoms with Gasteiger partial charge in [-0.1, -0.05) is 18.2 Å². The van der Waals surface area contributed by atoms with Gasteiger partial charge in [0.2, 0.25) is 11.4 Å². The molecule has 0 bridgehead atoms. The summed E-state index contributed by atoms with van der Waals surface area (Å²) < 4.78 is 93.1. The first kappa shape index (κ1) is 26.7. The summed E-state index contributed by atoms with van der Waals surface area (Å²) in [6, 6.07) is 3.99. The van der Waals surface area contributed by atoms with Crippen LogP contribution >= 0.6 is 0 Å². The molecule has 8 nitrogen and oxygen atoms in total. The normalized spacial score (nSPS) is 30.5. The van der Waals surface area contributed by atoms with Crippen LogP contribution < -0.4 is 5.32 Å². The van der Waals surface area contributed by atoms with Crippen LogP contribution in [0.2, 0.25) is 0 Å². The Morgan fingerprint density at radius 1 is 0.909 bits per heavy atom. The molecule has 0 radical (unpaired) electrons. The fraction of sp³-hybridized carbons (Fsp3) is 0.579. The molecular formula is C19H21F6NO7. The van der Waals surface area contributed by atoms with Crippen LogP contribution in [0.1, 0.15) is 25.3 Å². The van der Waals surface area contributed by atoms with Gasteiger partial charge in [-0.25, -0.2) is 5.32 Å². The number of carbonyl (C=O) groups is 2. The number of alkyl halides is 6. The first-order chi connectivity index (χ1) is 15.1. The van der Waals surface area contributed by atoms with Crippen molar-refractivity contribution in [1.29, 1.82) is 0 Å². The van der Waals surface area contributed by atoms with Crippen molar-refractivity contribution in [1.82, 2.24) is 5.32 Å². The average Bonchev–Trinajstić information content (AvgIpc) is 2.66. The van der Waals surface area contributed by atoms with Gasteiger partial charge in [-0.3, -0.25) is 9.59 Å². The van der Waals surface area contributed by atoms with Crippen molar-refractivity contribution in [3.05, 3.63) is 29.8 Å². The van der Waals surface area contributed by atoms with Crippen molar-refractivity contribution in [2.45, 2.75) is 43.6 Å². The highest BCUT2D eigenvalue weighted by Gasteiger charge is 2.78. The monoisotopic (exact) mass is 489 g/mol. The topological polar surface area (TPSA) is 125 Å². The first-order valence-electron chi connectivity index (χ1n) is 9.55. The van der Waals surface area contributed by atoms with Gasteiger partial charge < -0.3 is 24.8 Å². The molecule has 0 saturated carbocycles. The fourth-order valence-corrected chi connectivity index (χ4v) is 3.88. The summed E-state index contributed by atoms with van der Waals surface area (Å²) in [6.45, 7) is 1.30. The zero-order valence-electron chi connectivity index (χ0n) is 17.2. The Morgan fingerprint density at radius 3 is 1.64 bits per heavy atom. The number of halogens is 6. The Labute approximate surface area is 183 Å². The number of benzene rings is 1. The highest BCUT2D eigenvalue weighted by Crippen LogP contribution is 2.56. The summed E-state index contributed by atoms with van der Waals surface area (Å²) >= 11 is 0. The molecule has 4 N–H and O–H groups in total. The van der Waals surface area contributed by atoms with Crippen LogP contribution in [0.3, 0.4) is 0 Å². The van der Waals surface area contributed by atoms with E-state index in [9.17, 15) is 51.3 Å². The molecule has 1 aliphatic rings. The van der Waals surface area contributed by atoms with E-state index in [2.05, 4.69) is 9.47 Å². The Bertz CT molecular complexity index is 844. The van der Waals surface area contributed by atoms with E-state index >= 15 is 0 Å². The number of piperidine rings is 1. The molecule has 1 fully saturated rings. The molecular weight excluding hydrogens is 468 g/mol. The molecule has 33 heavy (non-hydrogen) atoms. The summed E-state index contributed by atoms with van der Waals surface area (Å²) in [4.78, 5) is 25.2. The lowest BCUT2D eigenvalue weighted by Crippen LogP contribution is -2.81. The zero-order valence-corrected chi connectivity index (χ0v) is 17.2. The van der Waals surface area contributed by atoms with E-state index in [4.69, 9.17) is 0 Å². The third-order valence-corrected chi connectivity index (χ3v) is 5.24. The quantitative estimate of drug-likeness (QED) is 0.366.